The molecular formula is C16H24N4S. The number of nitrogens with two attached hydrogens (primary N) is 1. The molecule has 5 heteroatoms. The second-order valence-electron chi connectivity index (χ2n) is 6.03. The summed E-state index contributed by atoms with van der Waals surface area (Å²) in [4.78, 5) is 12.6. The van der Waals surface area contributed by atoms with Gasteiger partial charge in [0.15, 0.2) is 0 Å². The number of likely N-dealkylation sites (tertiary alicyclic amines) is 1. The van der Waals surface area contributed by atoms with Crippen LogP contribution in [-0.4, -0.2) is 28.0 Å². The average Bonchev–Trinajstić information content (AvgIpc) is 2.83. The van der Waals surface area contributed by atoms with Gasteiger partial charge in [-0.3, -0.25) is 4.90 Å². The summed E-state index contributed by atoms with van der Waals surface area (Å²) in [6.45, 7) is 5.44. The summed E-state index contributed by atoms with van der Waals surface area (Å²) >= 11 is 1.64. The van der Waals surface area contributed by atoms with Crippen molar-refractivity contribution < 1.29 is 0 Å². The first-order chi connectivity index (χ1) is 10.3. The Morgan fingerprint density at radius 2 is 2.24 bits per heavy atom. The molecule has 0 spiro atoms. The minimum absolute atomic E-state index is 0.620. The number of aromatic nitrogens is 2. The predicted octanol–water partition coefficient (Wildman–Crippen LogP) is 3.68. The van der Waals surface area contributed by atoms with E-state index in [1.54, 1.807) is 11.3 Å². The highest BCUT2D eigenvalue weighted by atomic mass is 32.1. The fourth-order valence-electron chi connectivity index (χ4n) is 3.27. The molecule has 1 aliphatic heterocycles. The first kappa shape index (κ1) is 14.7. The standard InChI is InChI=1S/C16H24N4S/c1-2-4-12-5-3-8-20(9-6-12)11-14-18-15(17)13-7-10-21-16(13)19-14/h7,10,12H,2-6,8-9,11H2,1H3,(H2,17,18,19). The third-order valence-electron chi connectivity index (χ3n) is 4.40. The minimum Gasteiger partial charge on any atom is -0.383 e. The molecule has 0 amide bonds. The summed E-state index contributed by atoms with van der Waals surface area (Å²) in [5.41, 5.74) is 6.04. The van der Waals surface area contributed by atoms with Crippen LogP contribution in [-0.2, 0) is 6.54 Å². The maximum atomic E-state index is 6.04. The van der Waals surface area contributed by atoms with E-state index in [2.05, 4.69) is 21.8 Å². The third kappa shape index (κ3) is 3.52. The van der Waals surface area contributed by atoms with Gasteiger partial charge in [0.2, 0.25) is 0 Å². The fraction of sp³-hybridized carbons (Fsp3) is 0.625. The van der Waals surface area contributed by atoms with Crippen molar-refractivity contribution in [1.82, 2.24) is 14.9 Å². The van der Waals surface area contributed by atoms with E-state index >= 15 is 0 Å². The summed E-state index contributed by atoms with van der Waals surface area (Å²) in [5, 5.41) is 3.02. The van der Waals surface area contributed by atoms with Crippen molar-refractivity contribution in [1.29, 1.82) is 0 Å². The smallest absolute Gasteiger partial charge is 0.146 e. The molecule has 114 valence electrons. The van der Waals surface area contributed by atoms with Crippen molar-refractivity contribution >= 4 is 27.4 Å². The second kappa shape index (κ2) is 6.71. The van der Waals surface area contributed by atoms with Crippen LogP contribution < -0.4 is 5.73 Å². The van der Waals surface area contributed by atoms with Crippen LogP contribution in [0.15, 0.2) is 11.4 Å². The molecule has 1 saturated heterocycles. The topological polar surface area (TPSA) is 55.0 Å². The van der Waals surface area contributed by atoms with Crippen molar-refractivity contribution in [3.8, 4) is 0 Å². The highest BCUT2D eigenvalue weighted by molar-refractivity contribution is 7.16. The maximum Gasteiger partial charge on any atom is 0.146 e. The van der Waals surface area contributed by atoms with E-state index in [4.69, 9.17) is 5.73 Å². The van der Waals surface area contributed by atoms with Crippen molar-refractivity contribution in [3.63, 3.8) is 0 Å². The van der Waals surface area contributed by atoms with Crippen LogP contribution in [0.25, 0.3) is 10.2 Å². The molecule has 1 aliphatic rings. The van der Waals surface area contributed by atoms with E-state index in [9.17, 15) is 0 Å². The van der Waals surface area contributed by atoms with Gasteiger partial charge in [-0.2, -0.15) is 0 Å². The van der Waals surface area contributed by atoms with Gasteiger partial charge in [0.1, 0.15) is 16.5 Å². The zero-order valence-electron chi connectivity index (χ0n) is 12.7. The number of nitrogens with zero attached hydrogens (tertiary/aromatic N) is 3. The van der Waals surface area contributed by atoms with Crippen LogP contribution in [0.2, 0.25) is 0 Å². The number of thiophene rings is 1. The zero-order chi connectivity index (χ0) is 14.7. The monoisotopic (exact) mass is 304 g/mol. The first-order valence-corrected chi connectivity index (χ1v) is 8.86. The second-order valence-corrected chi connectivity index (χ2v) is 6.92. The first-order valence-electron chi connectivity index (χ1n) is 7.98. The fourth-order valence-corrected chi connectivity index (χ4v) is 4.07. The molecule has 1 unspecified atom stereocenters. The number of hydrogen-bond donors (Lipinski definition) is 1. The lowest BCUT2D eigenvalue weighted by atomic mass is 9.96. The highest BCUT2D eigenvalue weighted by Gasteiger charge is 2.18. The molecule has 0 radical (unpaired) electrons. The van der Waals surface area contributed by atoms with E-state index in [0.29, 0.717) is 5.82 Å². The van der Waals surface area contributed by atoms with Crippen molar-refractivity contribution in [3.05, 3.63) is 17.3 Å². The molecule has 2 N–H and O–H groups in total. The Morgan fingerprint density at radius 1 is 1.33 bits per heavy atom. The Hall–Kier alpha value is -1.20. The minimum atomic E-state index is 0.620. The van der Waals surface area contributed by atoms with Gasteiger partial charge in [0.05, 0.1) is 11.9 Å². The number of hydrogen-bond acceptors (Lipinski definition) is 5. The molecule has 0 aliphatic carbocycles. The normalized spacial score (nSPS) is 20.7. The molecule has 0 bridgehead atoms. The lowest BCUT2D eigenvalue weighted by Gasteiger charge is -2.19. The van der Waals surface area contributed by atoms with E-state index in [1.165, 1.54) is 32.1 Å². The number of rotatable bonds is 4. The van der Waals surface area contributed by atoms with E-state index in [0.717, 1.165) is 41.6 Å². The molecule has 1 fully saturated rings. The number of nitrogen functional groups attached to an aromatic ring is 1. The van der Waals surface area contributed by atoms with Crippen molar-refractivity contribution in [2.45, 2.75) is 45.6 Å². The van der Waals surface area contributed by atoms with Crippen molar-refractivity contribution in [2.24, 2.45) is 5.92 Å². The quantitative estimate of drug-likeness (QED) is 0.936. The summed E-state index contributed by atoms with van der Waals surface area (Å²) in [6.07, 6.45) is 6.65. The van der Waals surface area contributed by atoms with Gasteiger partial charge in [0, 0.05) is 0 Å². The van der Waals surface area contributed by atoms with Crippen LogP contribution in [0.1, 0.15) is 44.9 Å². The van der Waals surface area contributed by atoms with E-state index in [-0.39, 0.29) is 0 Å². The molecule has 0 saturated carbocycles. The Bertz CT molecular complexity index is 595. The SMILES string of the molecule is CCCC1CCCN(Cc2nc(N)c3ccsc3n2)CC1. The average molecular weight is 304 g/mol. The Morgan fingerprint density at radius 3 is 3.10 bits per heavy atom. The van der Waals surface area contributed by atoms with Gasteiger partial charge in [-0.15, -0.1) is 11.3 Å². The van der Waals surface area contributed by atoms with Gasteiger partial charge in [-0.1, -0.05) is 19.8 Å². The molecule has 21 heavy (non-hydrogen) atoms. The van der Waals surface area contributed by atoms with E-state index < -0.39 is 0 Å². The van der Waals surface area contributed by atoms with Crippen LogP contribution in [0.4, 0.5) is 5.82 Å². The van der Waals surface area contributed by atoms with Crippen LogP contribution in [0.5, 0.6) is 0 Å². The summed E-state index contributed by atoms with van der Waals surface area (Å²) in [6, 6.07) is 2.00. The van der Waals surface area contributed by atoms with Crippen LogP contribution in [0.3, 0.4) is 0 Å². The van der Waals surface area contributed by atoms with Crippen LogP contribution in [0, 0.1) is 5.92 Å². The van der Waals surface area contributed by atoms with Gasteiger partial charge in [0.25, 0.3) is 0 Å². The molecular weight excluding hydrogens is 280 g/mol. The largest absolute Gasteiger partial charge is 0.383 e. The summed E-state index contributed by atoms with van der Waals surface area (Å²) in [5.74, 6) is 2.40. The Balaban J connectivity index is 1.67. The van der Waals surface area contributed by atoms with Crippen LogP contribution >= 0.6 is 11.3 Å². The molecule has 3 heterocycles. The Labute approximate surface area is 130 Å². The molecule has 3 rings (SSSR count). The third-order valence-corrected chi connectivity index (χ3v) is 5.21. The van der Waals surface area contributed by atoms with Gasteiger partial charge in [-0.25, -0.2) is 9.97 Å². The molecule has 2 aromatic rings. The molecule has 2 aromatic heterocycles. The number of fused-ring (bicyclic) bond motifs is 1. The van der Waals surface area contributed by atoms with Crippen molar-refractivity contribution in [2.75, 3.05) is 18.8 Å². The van der Waals surface area contributed by atoms with Gasteiger partial charge in [-0.05, 0) is 49.7 Å². The van der Waals surface area contributed by atoms with Gasteiger partial charge < -0.3 is 5.73 Å². The van der Waals surface area contributed by atoms with E-state index in [1.807, 2.05) is 11.4 Å². The number of anilines is 1. The summed E-state index contributed by atoms with van der Waals surface area (Å²) < 4.78 is 0. The lowest BCUT2D eigenvalue weighted by molar-refractivity contribution is 0.265. The Kier molecular flexibility index (Phi) is 4.70. The molecule has 0 aromatic carbocycles. The molecule has 1 atom stereocenters. The maximum absolute atomic E-state index is 6.04. The lowest BCUT2D eigenvalue weighted by Crippen LogP contribution is -2.25. The van der Waals surface area contributed by atoms with Gasteiger partial charge >= 0.3 is 0 Å². The summed E-state index contributed by atoms with van der Waals surface area (Å²) in [7, 11) is 0. The highest BCUT2D eigenvalue weighted by Crippen LogP contribution is 2.25. The predicted molar refractivity (Wildman–Crippen MR) is 89.4 cm³/mol. The molecule has 4 nitrogen and oxygen atoms in total. The zero-order valence-corrected chi connectivity index (χ0v) is 13.5.